The van der Waals surface area contributed by atoms with E-state index in [2.05, 4.69) is 4.98 Å². The summed E-state index contributed by atoms with van der Waals surface area (Å²) in [5.74, 6) is 0. The molecule has 0 aliphatic rings. The maximum atomic E-state index is 5.97. The maximum absolute atomic E-state index is 5.97. The molecule has 0 saturated carbocycles. The van der Waals surface area contributed by atoms with E-state index in [9.17, 15) is 0 Å². The molecule has 4 nitrogen and oxygen atoms in total. The summed E-state index contributed by atoms with van der Waals surface area (Å²) in [5, 5.41) is 0.660. The standard InChI is InChI=1S/C11H11ClN2O2/c12-10-4-2-1-3-8(10)6-15-11-14-9(5-13)7-16-11/h1-4,7H,5-6,13H2. The summed E-state index contributed by atoms with van der Waals surface area (Å²) in [5.41, 5.74) is 6.94. The quantitative estimate of drug-likeness (QED) is 0.888. The monoisotopic (exact) mass is 238 g/mol. The Kier molecular flexibility index (Phi) is 3.44. The van der Waals surface area contributed by atoms with E-state index < -0.39 is 0 Å². The Bertz CT molecular complexity index is 471. The van der Waals surface area contributed by atoms with Crippen molar-refractivity contribution in [2.45, 2.75) is 13.2 Å². The third-order valence-electron chi connectivity index (χ3n) is 2.05. The summed E-state index contributed by atoms with van der Waals surface area (Å²) >= 11 is 5.97. The van der Waals surface area contributed by atoms with Crippen molar-refractivity contribution in [1.82, 2.24) is 4.98 Å². The molecule has 0 fully saturated rings. The van der Waals surface area contributed by atoms with Crippen LogP contribution in [0, 0.1) is 0 Å². The van der Waals surface area contributed by atoms with Crippen LogP contribution in [-0.4, -0.2) is 4.98 Å². The molecule has 1 aromatic heterocycles. The number of aromatic nitrogens is 1. The average molecular weight is 239 g/mol. The van der Waals surface area contributed by atoms with E-state index in [-0.39, 0.29) is 6.08 Å². The van der Waals surface area contributed by atoms with Crippen molar-refractivity contribution in [3.05, 3.63) is 46.8 Å². The normalized spacial score (nSPS) is 10.4. The molecule has 0 saturated heterocycles. The van der Waals surface area contributed by atoms with E-state index >= 15 is 0 Å². The molecule has 1 aromatic carbocycles. The first-order valence-corrected chi connectivity index (χ1v) is 5.18. The second-order valence-corrected chi connectivity index (χ2v) is 3.60. The van der Waals surface area contributed by atoms with Gasteiger partial charge in [0, 0.05) is 17.1 Å². The van der Waals surface area contributed by atoms with Crippen molar-refractivity contribution in [3.8, 4) is 6.08 Å². The fraction of sp³-hybridized carbons (Fsp3) is 0.182. The largest absolute Gasteiger partial charge is 0.445 e. The molecule has 0 amide bonds. The van der Waals surface area contributed by atoms with Gasteiger partial charge < -0.3 is 14.9 Å². The fourth-order valence-corrected chi connectivity index (χ4v) is 1.39. The predicted molar refractivity (Wildman–Crippen MR) is 60.2 cm³/mol. The number of nitrogens with two attached hydrogens (primary N) is 1. The first kappa shape index (κ1) is 11.0. The van der Waals surface area contributed by atoms with Gasteiger partial charge in [0.1, 0.15) is 12.9 Å². The van der Waals surface area contributed by atoms with Crippen molar-refractivity contribution in [3.63, 3.8) is 0 Å². The van der Waals surface area contributed by atoms with Crippen LogP contribution in [0.15, 0.2) is 34.9 Å². The number of halogens is 1. The van der Waals surface area contributed by atoms with Crippen LogP contribution >= 0.6 is 11.6 Å². The third-order valence-corrected chi connectivity index (χ3v) is 2.42. The molecule has 5 heteroatoms. The molecule has 0 radical (unpaired) electrons. The number of oxazole rings is 1. The first-order valence-electron chi connectivity index (χ1n) is 4.80. The summed E-state index contributed by atoms with van der Waals surface area (Å²) in [6, 6.07) is 7.45. The highest BCUT2D eigenvalue weighted by molar-refractivity contribution is 6.31. The van der Waals surface area contributed by atoms with E-state index in [4.69, 9.17) is 26.5 Å². The second kappa shape index (κ2) is 5.01. The molecule has 0 aliphatic carbocycles. The van der Waals surface area contributed by atoms with E-state index in [1.807, 2.05) is 18.2 Å². The van der Waals surface area contributed by atoms with E-state index in [0.717, 1.165) is 5.56 Å². The van der Waals surface area contributed by atoms with Crippen molar-refractivity contribution in [2.24, 2.45) is 5.73 Å². The summed E-state index contributed by atoms with van der Waals surface area (Å²) in [4.78, 5) is 4.02. The number of hydrogen-bond donors (Lipinski definition) is 1. The lowest BCUT2D eigenvalue weighted by atomic mass is 10.2. The highest BCUT2D eigenvalue weighted by atomic mass is 35.5. The molecule has 84 valence electrons. The van der Waals surface area contributed by atoms with Crippen molar-refractivity contribution < 1.29 is 9.15 Å². The zero-order valence-corrected chi connectivity index (χ0v) is 9.28. The van der Waals surface area contributed by atoms with Gasteiger partial charge in [-0.1, -0.05) is 29.8 Å². The Morgan fingerprint density at radius 1 is 1.38 bits per heavy atom. The van der Waals surface area contributed by atoms with Gasteiger partial charge in [-0.25, -0.2) is 0 Å². The molecular weight excluding hydrogens is 228 g/mol. The second-order valence-electron chi connectivity index (χ2n) is 3.19. The Morgan fingerprint density at radius 3 is 2.88 bits per heavy atom. The minimum absolute atomic E-state index is 0.209. The highest BCUT2D eigenvalue weighted by Crippen LogP contribution is 2.17. The molecule has 2 N–H and O–H groups in total. The van der Waals surface area contributed by atoms with Crippen LogP contribution in [0.4, 0.5) is 0 Å². The minimum Gasteiger partial charge on any atom is -0.445 e. The topological polar surface area (TPSA) is 61.3 Å². The Hall–Kier alpha value is -1.52. The van der Waals surface area contributed by atoms with Gasteiger partial charge in [-0.2, -0.15) is 4.98 Å². The summed E-state index contributed by atoms with van der Waals surface area (Å²) in [6.45, 7) is 0.656. The lowest BCUT2D eigenvalue weighted by molar-refractivity contribution is 0.220. The number of ether oxygens (including phenoxy) is 1. The molecular formula is C11H11ClN2O2. The van der Waals surface area contributed by atoms with Gasteiger partial charge in [0.15, 0.2) is 0 Å². The van der Waals surface area contributed by atoms with Crippen LogP contribution in [0.5, 0.6) is 6.08 Å². The number of hydrogen-bond acceptors (Lipinski definition) is 4. The summed E-state index contributed by atoms with van der Waals surface area (Å²) in [7, 11) is 0. The Balaban J connectivity index is 1.99. The predicted octanol–water partition coefficient (Wildman–Crippen LogP) is 2.37. The third kappa shape index (κ3) is 2.53. The van der Waals surface area contributed by atoms with Crippen LogP contribution in [0.3, 0.4) is 0 Å². The molecule has 2 rings (SSSR count). The molecule has 1 heterocycles. The van der Waals surface area contributed by atoms with Gasteiger partial charge in [-0.15, -0.1) is 0 Å². The zero-order valence-electron chi connectivity index (χ0n) is 8.52. The zero-order chi connectivity index (χ0) is 11.4. The van der Waals surface area contributed by atoms with Crippen molar-refractivity contribution in [1.29, 1.82) is 0 Å². The van der Waals surface area contributed by atoms with Crippen molar-refractivity contribution in [2.75, 3.05) is 0 Å². The van der Waals surface area contributed by atoms with E-state index in [0.29, 0.717) is 23.9 Å². The molecule has 0 atom stereocenters. The van der Waals surface area contributed by atoms with Crippen LogP contribution < -0.4 is 10.5 Å². The van der Waals surface area contributed by atoms with E-state index in [1.54, 1.807) is 6.07 Å². The highest BCUT2D eigenvalue weighted by Gasteiger charge is 2.05. The first-order chi connectivity index (χ1) is 7.79. The van der Waals surface area contributed by atoms with Gasteiger partial charge in [-0.3, -0.25) is 0 Å². The van der Waals surface area contributed by atoms with Gasteiger partial charge in [-0.05, 0) is 6.07 Å². The molecule has 0 spiro atoms. The molecule has 0 aliphatic heterocycles. The fourth-order valence-electron chi connectivity index (χ4n) is 1.20. The van der Waals surface area contributed by atoms with Crippen LogP contribution in [0.1, 0.15) is 11.3 Å². The Labute approximate surface area is 98.0 Å². The van der Waals surface area contributed by atoms with Crippen LogP contribution in [0.2, 0.25) is 5.02 Å². The molecule has 0 unspecified atom stereocenters. The van der Waals surface area contributed by atoms with Crippen molar-refractivity contribution >= 4 is 11.6 Å². The average Bonchev–Trinajstić information content (AvgIpc) is 2.76. The summed E-state index contributed by atoms with van der Waals surface area (Å²) in [6.07, 6.45) is 1.68. The van der Waals surface area contributed by atoms with Gasteiger partial charge in [0.2, 0.25) is 0 Å². The molecule has 2 aromatic rings. The maximum Gasteiger partial charge on any atom is 0.394 e. The van der Waals surface area contributed by atoms with Gasteiger partial charge in [0.05, 0.1) is 5.69 Å². The van der Waals surface area contributed by atoms with Crippen LogP contribution in [-0.2, 0) is 13.2 Å². The van der Waals surface area contributed by atoms with Crippen LogP contribution in [0.25, 0.3) is 0 Å². The molecule has 0 bridgehead atoms. The Morgan fingerprint density at radius 2 is 2.19 bits per heavy atom. The lowest BCUT2D eigenvalue weighted by Crippen LogP contribution is -1.98. The number of benzene rings is 1. The minimum atomic E-state index is 0.209. The van der Waals surface area contributed by atoms with Gasteiger partial charge in [0.25, 0.3) is 0 Å². The number of nitrogens with zero attached hydrogens (tertiary/aromatic N) is 1. The summed E-state index contributed by atoms with van der Waals surface area (Å²) < 4.78 is 10.4. The van der Waals surface area contributed by atoms with E-state index in [1.165, 1.54) is 6.26 Å². The lowest BCUT2D eigenvalue weighted by Gasteiger charge is -2.03. The van der Waals surface area contributed by atoms with Gasteiger partial charge >= 0.3 is 6.08 Å². The smallest absolute Gasteiger partial charge is 0.394 e. The SMILES string of the molecule is NCc1coc(OCc2ccccc2Cl)n1. The molecule has 16 heavy (non-hydrogen) atoms. The number of rotatable bonds is 4.